The summed E-state index contributed by atoms with van der Waals surface area (Å²) in [6.45, 7) is 1.90. The molecule has 0 spiro atoms. The first-order valence-corrected chi connectivity index (χ1v) is 11.0. The fraction of sp³-hybridized carbons (Fsp3) is 0.462. The third-order valence-corrected chi connectivity index (χ3v) is 7.22. The van der Waals surface area contributed by atoms with E-state index in [9.17, 15) is 9.59 Å². The van der Waals surface area contributed by atoms with Crippen LogP contribution in [0.3, 0.4) is 0 Å². The number of methoxy groups -OCH3 is 1. The number of rotatable bonds is 6. The molecule has 158 valence electrons. The number of hydrogen-bond donors (Lipinski definition) is 1. The molecule has 2 saturated carbocycles. The predicted molar refractivity (Wildman–Crippen MR) is 119 cm³/mol. The van der Waals surface area contributed by atoms with Gasteiger partial charge in [-0.2, -0.15) is 0 Å². The van der Waals surface area contributed by atoms with Crippen molar-refractivity contribution in [1.82, 2.24) is 0 Å². The van der Waals surface area contributed by atoms with Crippen molar-refractivity contribution >= 4 is 17.6 Å². The van der Waals surface area contributed by atoms with E-state index < -0.39 is 5.97 Å². The molecule has 4 rings (SSSR count). The summed E-state index contributed by atoms with van der Waals surface area (Å²) in [4.78, 5) is 24.8. The zero-order valence-corrected chi connectivity index (χ0v) is 17.9. The van der Waals surface area contributed by atoms with Gasteiger partial charge in [-0.1, -0.05) is 48.9 Å². The molecule has 4 heteroatoms. The third kappa shape index (κ3) is 4.28. The summed E-state index contributed by atoms with van der Waals surface area (Å²) >= 11 is 0. The fourth-order valence-electron chi connectivity index (χ4n) is 5.37. The molecule has 2 aliphatic rings. The summed E-state index contributed by atoms with van der Waals surface area (Å²) in [5.74, 6) is 0.954. The van der Waals surface area contributed by atoms with Crippen molar-refractivity contribution in [3.8, 4) is 0 Å². The van der Waals surface area contributed by atoms with Gasteiger partial charge in [-0.15, -0.1) is 0 Å². The largest absolute Gasteiger partial charge is 0.465 e. The van der Waals surface area contributed by atoms with Crippen molar-refractivity contribution in [3.05, 3.63) is 65.2 Å². The van der Waals surface area contributed by atoms with Gasteiger partial charge in [0.25, 0.3) is 0 Å². The Morgan fingerprint density at radius 2 is 1.93 bits per heavy atom. The van der Waals surface area contributed by atoms with Crippen LogP contribution >= 0.6 is 0 Å². The smallest absolute Gasteiger partial charge is 0.339 e. The number of carbonyl (C=O) groups excluding carboxylic acids is 2. The van der Waals surface area contributed by atoms with Crippen molar-refractivity contribution in [2.45, 2.75) is 57.8 Å². The fourth-order valence-corrected chi connectivity index (χ4v) is 5.37. The van der Waals surface area contributed by atoms with E-state index in [2.05, 4.69) is 35.6 Å². The van der Waals surface area contributed by atoms with Crippen LogP contribution in [0.5, 0.6) is 0 Å². The number of aryl methyl sites for hydroxylation is 1. The molecule has 3 unspecified atom stereocenters. The van der Waals surface area contributed by atoms with Gasteiger partial charge in [-0.05, 0) is 73.5 Å². The molecule has 0 aliphatic heterocycles. The molecule has 0 saturated heterocycles. The van der Waals surface area contributed by atoms with Crippen molar-refractivity contribution in [1.29, 1.82) is 0 Å². The summed E-state index contributed by atoms with van der Waals surface area (Å²) in [7, 11) is 1.36. The number of para-hydroxylation sites is 1. The van der Waals surface area contributed by atoms with Gasteiger partial charge in [-0.25, -0.2) is 4.79 Å². The first-order chi connectivity index (χ1) is 14.5. The minimum Gasteiger partial charge on any atom is -0.465 e. The van der Waals surface area contributed by atoms with E-state index in [0.717, 1.165) is 17.9 Å². The number of esters is 1. The van der Waals surface area contributed by atoms with Crippen LogP contribution in [0.2, 0.25) is 0 Å². The van der Waals surface area contributed by atoms with Gasteiger partial charge >= 0.3 is 5.97 Å². The molecule has 2 aliphatic carbocycles. The Bertz CT molecular complexity index is 923. The Labute approximate surface area is 179 Å². The lowest BCUT2D eigenvalue weighted by Crippen LogP contribution is -2.18. The number of amides is 1. The molecule has 2 fully saturated rings. The van der Waals surface area contributed by atoms with Gasteiger partial charge in [0.2, 0.25) is 5.91 Å². The minimum atomic E-state index is -0.425. The molecular weight excluding hydrogens is 374 g/mol. The van der Waals surface area contributed by atoms with E-state index in [-0.39, 0.29) is 5.91 Å². The maximum atomic E-state index is 12.7. The van der Waals surface area contributed by atoms with Crippen molar-refractivity contribution in [2.24, 2.45) is 11.3 Å². The van der Waals surface area contributed by atoms with Crippen LogP contribution in [-0.4, -0.2) is 19.0 Å². The lowest BCUT2D eigenvalue weighted by molar-refractivity contribution is -0.116. The van der Waals surface area contributed by atoms with Gasteiger partial charge < -0.3 is 10.1 Å². The van der Waals surface area contributed by atoms with E-state index in [1.54, 1.807) is 12.1 Å². The van der Waals surface area contributed by atoms with Crippen LogP contribution in [0.15, 0.2) is 48.5 Å². The minimum absolute atomic E-state index is 0.0154. The summed E-state index contributed by atoms with van der Waals surface area (Å²) < 4.78 is 4.86. The third-order valence-electron chi connectivity index (χ3n) is 7.22. The second-order valence-electron chi connectivity index (χ2n) is 9.04. The van der Waals surface area contributed by atoms with E-state index in [1.807, 2.05) is 13.0 Å². The summed E-state index contributed by atoms with van der Waals surface area (Å²) in [5, 5.41) is 2.98. The van der Waals surface area contributed by atoms with E-state index in [0.29, 0.717) is 29.0 Å². The van der Waals surface area contributed by atoms with Gasteiger partial charge in [0.1, 0.15) is 0 Å². The zero-order valence-electron chi connectivity index (χ0n) is 17.9. The number of benzene rings is 2. The van der Waals surface area contributed by atoms with Gasteiger partial charge in [-0.3, -0.25) is 4.79 Å². The standard InChI is InChI=1S/C26H31NO3/c1-18-8-6-12-22(25(29)30-2)24(18)27-23(28)13-15-26-14-7-11-20(16-21(26)17-26)19-9-4-3-5-10-19/h3-6,8-10,12,20-21H,7,11,13-17H2,1-2H3,(H,27,28). The highest BCUT2D eigenvalue weighted by molar-refractivity contribution is 6.02. The van der Waals surface area contributed by atoms with Crippen LogP contribution < -0.4 is 5.32 Å². The predicted octanol–water partition coefficient (Wildman–Crippen LogP) is 5.86. The van der Waals surface area contributed by atoms with E-state index in [4.69, 9.17) is 4.74 Å². The first kappa shape index (κ1) is 20.6. The topological polar surface area (TPSA) is 55.4 Å². The van der Waals surface area contributed by atoms with Crippen LogP contribution in [0.4, 0.5) is 5.69 Å². The molecule has 30 heavy (non-hydrogen) atoms. The van der Waals surface area contributed by atoms with Crippen molar-refractivity contribution in [3.63, 3.8) is 0 Å². The first-order valence-electron chi connectivity index (χ1n) is 11.0. The van der Waals surface area contributed by atoms with Crippen molar-refractivity contribution in [2.75, 3.05) is 12.4 Å². The van der Waals surface area contributed by atoms with Gasteiger partial charge in [0.15, 0.2) is 0 Å². The van der Waals surface area contributed by atoms with Crippen LogP contribution in [-0.2, 0) is 9.53 Å². The number of ether oxygens (including phenoxy) is 1. The molecule has 0 heterocycles. The average molecular weight is 406 g/mol. The van der Waals surface area contributed by atoms with Crippen LogP contribution in [0, 0.1) is 18.3 Å². The second-order valence-corrected chi connectivity index (χ2v) is 9.04. The average Bonchev–Trinajstić information content (AvgIpc) is 3.47. The highest BCUT2D eigenvalue weighted by Gasteiger charge is 2.54. The Morgan fingerprint density at radius 3 is 2.70 bits per heavy atom. The van der Waals surface area contributed by atoms with Crippen molar-refractivity contribution < 1.29 is 14.3 Å². The van der Waals surface area contributed by atoms with Gasteiger partial charge in [0, 0.05) is 6.42 Å². The van der Waals surface area contributed by atoms with E-state index >= 15 is 0 Å². The molecule has 0 radical (unpaired) electrons. The molecule has 1 N–H and O–H groups in total. The molecule has 0 bridgehead atoms. The van der Waals surface area contributed by atoms with Crippen LogP contribution in [0.1, 0.15) is 72.3 Å². The number of nitrogens with one attached hydrogen (secondary N) is 1. The second kappa shape index (κ2) is 8.63. The van der Waals surface area contributed by atoms with Gasteiger partial charge in [0.05, 0.1) is 18.4 Å². The normalized spacial score (nSPS) is 25.0. The molecule has 3 atom stereocenters. The maximum absolute atomic E-state index is 12.7. The summed E-state index contributed by atoms with van der Waals surface area (Å²) in [6, 6.07) is 16.3. The summed E-state index contributed by atoms with van der Waals surface area (Å²) in [6.07, 6.45) is 7.65. The molecule has 1 amide bonds. The Balaban J connectivity index is 1.36. The maximum Gasteiger partial charge on any atom is 0.339 e. The molecule has 4 nitrogen and oxygen atoms in total. The van der Waals surface area contributed by atoms with Crippen LogP contribution in [0.25, 0.3) is 0 Å². The Kier molecular flexibility index (Phi) is 5.94. The number of hydrogen-bond acceptors (Lipinski definition) is 3. The number of anilines is 1. The summed E-state index contributed by atoms with van der Waals surface area (Å²) in [5.41, 5.74) is 3.66. The molecular formula is C26H31NO3. The number of fused-ring (bicyclic) bond motifs is 1. The molecule has 2 aromatic rings. The SMILES string of the molecule is COC(=O)c1cccc(C)c1NC(=O)CCC12CCCC(c3ccccc3)CC1C2. The lowest BCUT2D eigenvalue weighted by Gasteiger charge is -2.16. The Hall–Kier alpha value is -2.62. The number of carbonyl (C=O) groups is 2. The molecule has 0 aromatic heterocycles. The highest BCUT2D eigenvalue weighted by atomic mass is 16.5. The van der Waals surface area contributed by atoms with E-state index in [1.165, 1.54) is 44.8 Å². The lowest BCUT2D eigenvalue weighted by atomic mass is 9.90. The monoisotopic (exact) mass is 405 g/mol. The zero-order chi connectivity index (χ0) is 21.1. The Morgan fingerprint density at radius 1 is 1.13 bits per heavy atom. The molecule has 2 aromatic carbocycles. The quantitative estimate of drug-likeness (QED) is 0.612. The highest BCUT2D eigenvalue weighted by Crippen LogP contribution is 2.64.